The molecule has 0 spiro atoms. The van der Waals surface area contributed by atoms with Crippen LogP contribution in [0.25, 0.3) is 0 Å². The van der Waals surface area contributed by atoms with E-state index in [1.54, 1.807) is 13.8 Å². The van der Waals surface area contributed by atoms with Gasteiger partial charge in [-0.2, -0.15) is 4.39 Å². The quantitative estimate of drug-likeness (QED) is 0.631. The highest BCUT2D eigenvalue weighted by atomic mass is 35.5. The van der Waals surface area contributed by atoms with Crippen LogP contribution in [0.2, 0.25) is 10.0 Å². The Morgan fingerprint density at radius 3 is 2.37 bits per heavy atom. The Labute approximate surface area is 119 Å². The fraction of sp³-hybridized carbons (Fsp3) is 0.364. The van der Waals surface area contributed by atoms with E-state index < -0.39 is 27.4 Å². The highest BCUT2D eigenvalue weighted by Gasteiger charge is 2.30. The van der Waals surface area contributed by atoms with Crippen molar-refractivity contribution in [1.29, 1.82) is 0 Å². The van der Waals surface area contributed by atoms with E-state index in [0.717, 1.165) is 6.07 Å². The average Bonchev–Trinajstić information content (AvgIpc) is 2.28. The second-order valence-corrected chi connectivity index (χ2v) is 4.40. The molecular formula is C11H11Cl2FN2O3. The molecule has 0 aliphatic carbocycles. The minimum atomic E-state index is -1.17. The number of nitro groups is 1. The molecule has 0 aromatic heterocycles. The first-order valence-corrected chi connectivity index (χ1v) is 6.21. The molecule has 0 aliphatic rings. The number of hydrogen-bond donors (Lipinski definition) is 0. The van der Waals surface area contributed by atoms with E-state index in [2.05, 4.69) is 0 Å². The van der Waals surface area contributed by atoms with Crippen molar-refractivity contribution in [3.05, 3.63) is 37.6 Å². The lowest BCUT2D eigenvalue weighted by atomic mass is 10.1. The summed E-state index contributed by atoms with van der Waals surface area (Å²) in [5.74, 6) is -1.74. The SMILES string of the molecule is CCN(CC)C(=O)c1c(Cl)cc(F)c([N+](=O)[O-])c1Cl. The summed E-state index contributed by atoms with van der Waals surface area (Å²) in [6, 6.07) is 0.725. The molecular weight excluding hydrogens is 298 g/mol. The van der Waals surface area contributed by atoms with E-state index in [0.29, 0.717) is 13.1 Å². The van der Waals surface area contributed by atoms with Crippen LogP contribution in [0.5, 0.6) is 0 Å². The van der Waals surface area contributed by atoms with Gasteiger partial charge in [0.1, 0.15) is 5.02 Å². The zero-order valence-corrected chi connectivity index (χ0v) is 11.8. The van der Waals surface area contributed by atoms with Crippen LogP contribution in [-0.2, 0) is 0 Å². The van der Waals surface area contributed by atoms with Crippen molar-refractivity contribution in [3.8, 4) is 0 Å². The van der Waals surface area contributed by atoms with Crippen molar-refractivity contribution in [2.24, 2.45) is 0 Å². The van der Waals surface area contributed by atoms with Crippen LogP contribution in [-0.4, -0.2) is 28.8 Å². The second-order valence-electron chi connectivity index (χ2n) is 3.61. The fourth-order valence-corrected chi connectivity index (χ4v) is 2.27. The second kappa shape index (κ2) is 6.16. The maximum atomic E-state index is 13.4. The van der Waals surface area contributed by atoms with E-state index in [1.807, 2.05) is 0 Å². The minimum Gasteiger partial charge on any atom is -0.339 e. The van der Waals surface area contributed by atoms with Crippen molar-refractivity contribution in [1.82, 2.24) is 4.90 Å². The van der Waals surface area contributed by atoms with Gasteiger partial charge in [-0.3, -0.25) is 14.9 Å². The summed E-state index contributed by atoms with van der Waals surface area (Å²) in [7, 11) is 0. The molecule has 5 nitrogen and oxygen atoms in total. The Bertz CT molecular complexity index is 533. The fourth-order valence-electron chi connectivity index (χ4n) is 1.61. The standard InChI is InChI=1S/C11H11Cl2FN2O3/c1-3-15(4-2)11(17)8-6(12)5-7(14)10(9(8)13)16(18)19/h5H,3-4H2,1-2H3. The number of amides is 1. The van der Waals surface area contributed by atoms with Gasteiger partial charge in [0.15, 0.2) is 0 Å². The number of benzene rings is 1. The van der Waals surface area contributed by atoms with E-state index in [4.69, 9.17) is 23.2 Å². The Balaban J connectivity index is 3.48. The van der Waals surface area contributed by atoms with Crippen molar-refractivity contribution >= 4 is 34.8 Å². The van der Waals surface area contributed by atoms with Crippen molar-refractivity contribution < 1.29 is 14.1 Å². The molecule has 0 unspecified atom stereocenters. The van der Waals surface area contributed by atoms with Crippen LogP contribution in [0.4, 0.5) is 10.1 Å². The Morgan fingerprint density at radius 1 is 1.42 bits per heavy atom. The van der Waals surface area contributed by atoms with E-state index in [-0.39, 0.29) is 10.6 Å². The van der Waals surface area contributed by atoms with Gasteiger partial charge in [0.25, 0.3) is 5.91 Å². The normalized spacial score (nSPS) is 10.4. The maximum absolute atomic E-state index is 13.4. The molecule has 1 aromatic rings. The average molecular weight is 309 g/mol. The zero-order valence-electron chi connectivity index (χ0n) is 10.2. The monoisotopic (exact) mass is 308 g/mol. The number of carbonyl (C=O) groups is 1. The third kappa shape index (κ3) is 2.96. The van der Waals surface area contributed by atoms with Crippen molar-refractivity contribution in [2.75, 3.05) is 13.1 Å². The van der Waals surface area contributed by atoms with Gasteiger partial charge in [0.2, 0.25) is 5.82 Å². The first kappa shape index (κ1) is 15.7. The van der Waals surface area contributed by atoms with Gasteiger partial charge in [-0.15, -0.1) is 0 Å². The summed E-state index contributed by atoms with van der Waals surface area (Å²) in [5, 5.41) is 9.93. The molecule has 1 amide bonds. The van der Waals surface area contributed by atoms with Gasteiger partial charge in [0, 0.05) is 19.2 Å². The van der Waals surface area contributed by atoms with Gasteiger partial charge < -0.3 is 4.90 Å². The van der Waals surface area contributed by atoms with Gasteiger partial charge in [-0.05, 0) is 13.8 Å². The first-order chi connectivity index (χ1) is 8.84. The number of halogens is 3. The molecule has 19 heavy (non-hydrogen) atoms. The molecule has 1 aromatic carbocycles. The Kier molecular flexibility index (Phi) is 5.08. The lowest BCUT2D eigenvalue weighted by molar-refractivity contribution is -0.387. The minimum absolute atomic E-state index is 0.245. The third-order valence-corrected chi connectivity index (χ3v) is 3.26. The molecule has 0 atom stereocenters. The summed E-state index contributed by atoms with van der Waals surface area (Å²) in [6.45, 7) is 4.24. The van der Waals surface area contributed by atoms with Gasteiger partial charge in [-0.25, -0.2) is 0 Å². The zero-order chi connectivity index (χ0) is 14.7. The number of nitro benzene ring substituents is 1. The van der Waals surface area contributed by atoms with Crippen LogP contribution in [0.15, 0.2) is 6.07 Å². The predicted molar refractivity (Wildman–Crippen MR) is 70.3 cm³/mol. The molecule has 0 fully saturated rings. The summed E-state index contributed by atoms with van der Waals surface area (Å²) < 4.78 is 13.4. The Morgan fingerprint density at radius 2 is 1.95 bits per heavy atom. The maximum Gasteiger partial charge on any atom is 0.324 e. The topological polar surface area (TPSA) is 63.5 Å². The lowest BCUT2D eigenvalue weighted by Crippen LogP contribution is -2.31. The molecule has 1 rings (SSSR count). The number of hydrogen-bond acceptors (Lipinski definition) is 3. The van der Waals surface area contributed by atoms with Gasteiger partial charge >= 0.3 is 5.69 Å². The number of nitrogens with zero attached hydrogens (tertiary/aromatic N) is 2. The molecule has 8 heteroatoms. The van der Waals surface area contributed by atoms with Crippen LogP contribution in [0.3, 0.4) is 0 Å². The first-order valence-electron chi connectivity index (χ1n) is 5.46. The van der Waals surface area contributed by atoms with Crippen LogP contribution in [0, 0.1) is 15.9 Å². The smallest absolute Gasteiger partial charge is 0.324 e. The van der Waals surface area contributed by atoms with Crippen LogP contribution in [0.1, 0.15) is 24.2 Å². The molecule has 0 heterocycles. The summed E-state index contributed by atoms with van der Waals surface area (Å²) in [5.41, 5.74) is -1.19. The molecule has 0 aliphatic heterocycles. The van der Waals surface area contributed by atoms with E-state index >= 15 is 0 Å². The van der Waals surface area contributed by atoms with E-state index in [1.165, 1.54) is 4.90 Å². The highest BCUT2D eigenvalue weighted by Crippen LogP contribution is 2.36. The number of rotatable bonds is 4. The summed E-state index contributed by atoms with van der Waals surface area (Å²) in [6.07, 6.45) is 0. The van der Waals surface area contributed by atoms with Crippen molar-refractivity contribution in [3.63, 3.8) is 0 Å². The van der Waals surface area contributed by atoms with Crippen LogP contribution >= 0.6 is 23.2 Å². The largest absolute Gasteiger partial charge is 0.339 e. The molecule has 0 saturated heterocycles. The number of carbonyl (C=O) groups excluding carboxylic acids is 1. The van der Waals surface area contributed by atoms with Crippen LogP contribution < -0.4 is 0 Å². The molecule has 0 bridgehead atoms. The van der Waals surface area contributed by atoms with E-state index in [9.17, 15) is 19.3 Å². The summed E-state index contributed by atoms with van der Waals surface area (Å²) in [4.78, 5) is 23.3. The Hall–Kier alpha value is -1.40. The highest BCUT2D eigenvalue weighted by molar-refractivity contribution is 6.41. The van der Waals surface area contributed by atoms with Gasteiger partial charge in [-0.1, -0.05) is 23.2 Å². The van der Waals surface area contributed by atoms with Gasteiger partial charge in [0.05, 0.1) is 15.5 Å². The third-order valence-electron chi connectivity index (χ3n) is 2.59. The molecule has 104 valence electrons. The predicted octanol–water partition coefficient (Wildman–Crippen LogP) is 3.52. The van der Waals surface area contributed by atoms with Crippen molar-refractivity contribution in [2.45, 2.75) is 13.8 Å². The molecule has 0 radical (unpaired) electrons. The summed E-state index contributed by atoms with van der Waals surface area (Å²) >= 11 is 11.5. The molecule has 0 saturated carbocycles. The molecule has 0 N–H and O–H groups in total. The lowest BCUT2D eigenvalue weighted by Gasteiger charge is -2.19.